The van der Waals surface area contributed by atoms with Gasteiger partial charge in [0.1, 0.15) is 0 Å². The van der Waals surface area contributed by atoms with Crippen LogP contribution < -0.4 is 4.72 Å². The first-order valence-electron chi connectivity index (χ1n) is 6.17. The number of anilines is 1. The average molecular weight is 382 g/mol. The molecule has 0 heterocycles. The van der Waals surface area contributed by atoms with E-state index in [2.05, 4.69) is 4.72 Å². The van der Waals surface area contributed by atoms with Gasteiger partial charge in [-0.05, 0) is 48.7 Å². The second-order valence-corrected chi connectivity index (χ2v) is 7.44. The molecule has 0 spiro atoms. The largest absolute Gasteiger partial charge is 0.417 e. The molecule has 0 unspecified atom stereocenters. The predicted molar refractivity (Wildman–Crippen MR) is 85.5 cm³/mol. The maximum atomic E-state index is 12.8. The number of nitrogens with one attached hydrogen (secondary N) is 1. The van der Waals surface area contributed by atoms with Gasteiger partial charge < -0.3 is 0 Å². The smallest absolute Gasteiger partial charge is 0.280 e. The molecule has 0 saturated heterocycles. The van der Waals surface area contributed by atoms with Gasteiger partial charge in [-0.25, -0.2) is 8.42 Å². The van der Waals surface area contributed by atoms with Crippen LogP contribution in [0.1, 0.15) is 5.56 Å². The number of alkyl halides is 3. The predicted octanol–water partition coefficient (Wildman–Crippen LogP) is 4.88. The van der Waals surface area contributed by atoms with Gasteiger partial charge >= 0.3 is 6.18 Å². The van der Waals surface area contributed by atoms with Crippen molar-refractivity contribution in [1.29, 1.82) is 0 Å². The van der Waals surface area contributed by atoms with Crippen molar-refractivity contribution in [3.63, 3.8) is 0 Å². The summed E-state index contributed by atoms with van der Waals surface area (Å²) < 4.78 is 65.0. The minimum absolute atomic E-state index is 0.0428. The molecule has 23 heavy (non-hydrogen) atoms. The van der Waals surface area contributed by atoms with Crippen LogP contribution in [0.3, 0.4) is 0 Å². The van der Waals surface area contributed by atoms with Crippen molar-refractivity contribution in [2.75, 3.05) is 11.0 Å². The molecule has 0 aliphatic rings. The Morgan fingerprint density at radius 1 is 1.09 bits per heavy atom. The van der Waals surface area contributed by atoms with E-state index < -0.39 is 26.8 Å². The third kappa shape index (κ3) is 4.33. The quantitative estimate of drug-likeness (QED) is 0.767. The molecular formula is C14H11ClF3NO2S2. The number of sulfonamides is 1. The lowest BCUT2D eigenvalue weighted by atomic mass is 10.2. The Hall–Kier alpha value is -1.38. The van der Waals surface area contributed by atoms with Gasteiger partial charge in [0.2, 0.25) is 0 Å². The van der Waals surface area contributed by atoms with Crippen LogP contribution in [0.5, 0.6) is 0 Å². The van der Waals surface area contributed by atoms with Crippen LogP contribution in [0, 0.1) is 0 Å². The molecule has 2 aromatic rings. The van der Waals surface area contributed by atoms with Crippen molar-refractivity contribution >= 4 is 39.1 Å². The lowest BCUT2D eigenvalue weighted by Gasteiger charge is -2.13. The van der Waals surface area contributed by atoms with Crippen LogP contribution in [-0.2, 0) is 16.2 Å². The van der Waals surface area contributed by atoms with E-state index in [1.165, 1.54) is 30.0 Å². The van der Waals surface area contributed by atoms with Crippen LogP contribution in [0.25, 0.3) is 0 Å². The normalized spacial score (nSPS) is 12.2. The van der Waals surface area contributed by atoms with E-state index in [1.54, 1.807) is 12.1 Å². The lowest BCUT2D eigenvalue weighted by molar-refractivity contribution is -0.137. The van der Waals surface area contributed by atoms with Gasteiger partial charge in [0.25, 0.3) is 10.0 Å². The zero-order valence-corrected chi connectivity index (χ0v) is 14.1. The highest BCUT2D eigenvalue weighted by Gasteiger charge is 2.33. The van der Waals surface area contributed by atoms with Crippen molar-refractivity contribution in [3.8, 4) is 0 Å². The van der Waals surface area contributed by atoms with Gasteiger partial charge in [-0.1, -0.05) is 11.6 Å². The molecule has 2 aromatic carbocycles. The van der Waals surface area contributed by atoms with E-state index >= 15 is 0 Å². The summed E-state index contributed by atoms with van der Waals surface area (Å²) in [5.41, 5.74) is -1.31. The van der Waals surface area contributed by atoms with E-state index in [4.69, 9.17) is 11.6 Å². The van der Waals surface area contributed by atoms with E-state index in [-0.39, 0.29) is 10.6 Å². The summed E-state index contributed by atoms with van der Waals surface area (Å²) in [5.74, 6) is 0. The summed E-state index contributed by atoms with van der Waals surface area (Å²) in [6.45, 7) is 0. The molecule has 0 atom stereocenters. The van der Waals surface area contributed by atoms with Crippen LogP contribution in [0.4, 0.5) is 18.9 Å². The number of thioether (sulfide) groups is 1. The maximum absolute atomic E-state index is 12.8. The van der Waals surface area contributed by atoms with Gasteiger partial charge in [-0.3, -0.25) is 4.72 Å². The standard InChI is InChI=1S/C14H11ClF3NO2S2/c1-22-10-3-5-11(6-4-10)23(20,21)19-9-2-7-13(15)12(8-9)14(16,17)18/h2-8,19H,1H3. The highest BCUT2D eigenvalue weighted by atomic mass is 35.5. The molecule has 0 aliphatic heterocycles. The monoisotopic (exact) mass is 381 g/mol. The topological polar surface area (TPSA) is 46.2 Å². The molecule has 3 nitrogen and oxygen atoms in total. The highest BCUT2D eigenvalue weighted by Crippen LogP contribution is 2.36. The second-order valence-electron chi connectivity index (χ2n) is 4.47. The minimum Gasteiger partial charge on any atom is -0.280 e. The summed E-state index contributed by atoms with van der Waals surface area (Å²) in [6.07, 6.45) is -2.83. The average Bonchev–Trinajstić information content (AvgIpc) is 2.48. The lowest BCUT2D eigenvalue weighted by Crippen LogP contribution is -2.14. The molecule has 0 aromatic heterocycles. The summed E-state index contributed by atoms with van der Waals surface area (Å²) >= 11 is 6.95. The second kappa shape index (κ2) is 6.62. The summed E-state index contributed by atoms with van der Waals surface area (Å²) in [6, 6.07) is 8.83. The first kappa shape index (κ1) is 18.0. The fourth-order valence-electron chi connectivity index (χ4n) is 1.77. The molecule has 0 saturated carbocycles. The van der Waals surface area contributed by atoms with Crippen LogP contribution in [-0.4, -0.2) is 14.7 Å². The number of benzene rings is 2. The molecule has 0 fully saturated rings. The third-order valence-electron chi connectivity index (χ3n) is 2.89. The van der Waals surface area contributed by atoms with E-state index in [9.17, 15) is 21.6 Å². The molecule has 0 radical (unpaired) electrons. The third-order valence-corrected chi connectivity index (χ3v) is 5.36. The fraction of sp³-hybridized carbons (Fsp3) is 0.143. The molecule has 2 rings (SSSR count). The fourth-order valence-corrected chi connectivity index (χ4v) is 3.46. The first-order chi connectivity index (χ1) is 10.6. The van der Waals surface area contributed by atoms with Gasteiger partial charge in [0.05, 0.1) is 15.5 Å². The Labute approximate surface area is 140 Å². The zero-order chi connectivity index (χ0) is 17.3. The molecule has 0 bridgehead atoms. The Kier molecular flexibility index (Phi) is 5.17. The van der Waals surface area contributed by atoms with Gasteiger partial charge in [-0.2, -0.15) is 13.2 Å². The Bertz CT molecular complexity index is 806. The zero-order valence-electron chi connectivity index (χ0n) is 11.7. The maximum Gasteiger partial charge on any atom is 0.417 e. The van der Waals surface area contributed by atoms with Crippen molar-refractivity contribution in [2.24, 2.45) is 0 Å². The summed E-state index contributed by atoms with van der Waals surface area (Å²) in [4.78, 5) is 0.827. The van der Waals surface area contributed by atoms with E-state index in [1.807, 2.05) is 6.26 Å². The Morgan fingerprint density at radius 2 is 1.70 bits per heavy atom. The number of hydrogen-bond donors (Lipinski definition) is 1. The SMILES string of the molecule is CSc1ccc(S(=O)(=O)Nc2ccc(Cl)c(C(F)(F)F)c2)cc1. The molecule has 0 aliphatic carbocycles. The first-order valence-corrected chi connectivity index (χ1v) is 9.26. The van der Waals surface area contributed by atoms with Crippen LogP contribution in [0.2, 0.25) is 5.02 Å². The number of hydrogen-bond acceptors (Lipinski definition) is 3. The van der Waals surface area contributed by atoms with Crippen molar-refractivity contribution in [3.05, 3.63) is 53.1 Å². The van der Waals surface area contributed by atoms with Gasteiger partial charge in [0.15, 0.2) is 0 Å². The summed E-state index contributed by atoms with van der Waals surface area (Å²) in [5, 5.41) is -0.496. The Balaban J connectivity index is 2.33. The van der Waals surface area contributed by atoms with Crippen LogP contribution in [0.15, 0.2) is 52.3 Å². The summed E-state index contributed by atoms with van der Waals surface area (Å²) in [7, 11) is -3.98. The van der Waals surface area contributed by atoms with Crippen molar-refractivity contribution in [2.45, 2.75) is 16.0 Å². The van der Waals surface area contributed by atoms with Crippen molar-refractivity contribution in [1.82, 2.24) is 0 Å². The minimum atomic E-state index is -4.67. The van der Waals surface area contributed by atoms with Crippen molar-refractivity contribution < 1.29 is 21.6 Å². The number of rotatable bonds is 4. The number of halogens is 4. The molecule has 124 valence electrons. The van der Waals surface area contributed by atoms with E-state index in [0.717, 1.165) is 11.0 Å². The van der Waals surface area contributed by atoms with Gasteiger partial charge in [0, 0.05) is 10.6 Å². The highest BCUT2D eigenvalue weighted by molar-refractivity contribution is 7.98. The van der Waals surface area contributed by atoms with Gasteiger partial charge in [-0.15, -0.1) is 11.8 Å². The van der Waals surface area contributed by atoms with Crippen LogP contribution >= 0.6 is 23.4 Å². The molecule has 0 amide bonds. The van der Waals surface area contributed by atoms with E-state index in [0.29, 0.717) is 6.07 Å². The molecule has 1 N–H and O–H groups in total. The molecular weight excluding hydrogens is 371 g/mol. The Morgan fingerprint density at radius 3 is 2.22 bits per heavy atom. The molecule has 9 heteroatoms.